The van der Waals surface area contributed by atoms with Crippen LogP contribution in [0.25, 0.3) is 0 Å². The van der Waals surface area contributed by atoms with Crippen LogP contribution < -0.4 is 5.32 Å². The lowest BCUT2D eigenvalue weighted by Crippen LogP contribution is -2.30. The summed E-state index contributed by atoms with van der Waals surface area (Å²) in [5.41, 5.74) is 0. The number of nitrogens with one attached hydrogen (secondary N) is 1. The van der Waals surface area contributed by atoms with E-state index < -0.39 is 0 Å². The van der Waals surface area contributed by atoms with Crippen molar-refractivity contribution in [2.24, 2.45) is 5.92 Å². The Hall–Kier alpha value is -0.380. The summed E-state index contributed by atoms with van der Waals surface area (Å²) >= 11 is 1.88. The highest BCUT2D eigenvalue weighted by Crippen LogP contribution is 2.14. The molecule has 1 rings (SSSR count). The average Bonchev–Trinajstić information content (AvgIpc) is 2.68. The average molecular weight is 254 g/mol. The molecule has 17 heavy (non-hydrogen) atoms. The van der Waals surface area contributed by atoms with Crippen LogP contribution in [0.2, 0.25) is 0 Å². The van der Waals surface area contributed by atoms with Gasteiger partial charge in [-0.15, -0.1) is 11.3 Å². The van der Waals surface area contributed by atoms with Crippen molar-refractivity contribution in [2.45, 2.75) is 33.7 Å². The summed E-state index contributed by atoms with van der Waals surface area (Å²) in [5, 5.41) is 3.50. The van der Waals surface area contributed by atoms with Crippen LogP contribution in [0, 0.1) is 12.8 Å². The molecule has 0 amide bonds. The van der Waals surface area contributed by atoms with Crippen LogP contribution in [0.4, 0.5) is 0 Å². The van der Waals surface area contributed by atoms with E-state index in [9.17, 15) is 0 Å². The summed E-state index contributed by atoms with van der Waals surface area (Å²) in [7, 11) is 2.21. The van der Waals surface area contributed by atoms with Crippen molar-refractivity contribution in [3.8, 4) is 0 Å². The fourth-order valence-electron chi connectivity index (χ4n) is 1.65. The molecule has 0 fully saturated rings. The van der Waals surface area contributed by atoms with E-state index in [0.717, 1.165) is 25.6 Å². The predicted molar refractivity (Wildman–Crippen MR) is 77.7 cm³/mol. The molecule has 3 heteroatoms. The van der Waals surface area contributed by atoms with E-state index in [1.807, 2.05) is 11.3 Å². The fraction of sp³-hybridized carbons (Fsp3) is 0.714. The molecule has 1 heterocycles. The van der Waals surface area contributed by atoms with Crippen LogP contribution in [0.1, 0.15) is 30.0 Å². The lowest BCUT2D eigenvalue weighted by atomic mass is 10.1. The molecule has 98 valence electrons. The molecular formula is C14H26N2S. The molecule has 0 aromatic carbocycles. The van der Waals surface area contributed by atoms with Gasteiger partial charge in [-0.25, -0.2) is 0 Å². The molecule has 0 saturated heterocycles. The van der Waals surface area contributed by atoms with Crippen molar-refractivity contribution in [3.05, 3.63) is 21.9 Å². The first kappa shape index (κ1) is 14.7. The molecule has 0 aliphatic heterocycles. The number of hydrogen-bond acceptors (Lipinski definition) is 3. The molecule has 0 unspecified atom stereocenters. The smallest absolute Gasteiger partial charge is 0.0300 e. The molecule has 0 aliphatic rings. The zero-order valence-electron chi connectivity index (χ0n) is 11.6. The van der Waals surface area contributed by atoms with Crippen LogP contribution in [-0.2, 0) is 6.54 Å². The fourth-order valence-corrected chi connectivity index (χ4v) is 2.51. The Balaban J connectivity index is 2.03. The standard InChI is InChI=1S/C14H26N2S/c1-12(2)7-9-16(4)10-8-15-11-14-6-5-13(3)17-14/h5-6,12,15H,7-11H2,1-4H3. The van der Waals surface area contributed by atoms with E-state index >= 15 is 0 Å². The van der Waals surface area contributed by atoms with Crippen molar-refractivity contribution in [1.29, 1.82) is 0 Å². The van der Waals surface area contributed by atoms with Gasteiger partial charge in [-0.05, 0) is 45.0 Å². The van der Waals surface area contributed by atoms with Gasteiger partial charge in [-0.1, -0.05) is 13.8 Å². The first-order valence-corrected chi connectivity index (χ1v) is 7.34. The molecule has 0 atom stereocenters. The van der Waals surface area contributed by atoms with Gasteiger partial charge in [-0.2, -0.15) is 0 Å². The zero-order chi connectivity index (χ0) is 12.7. The second-order valence-electron chi connectivity index (χ2n) is 5.17. The van der Waals surface area contributed by atoms with Crippen LogP contribution in [-0.4, -0.2) is 31.6 Å². The third-order valence-electron chi connectivity index (χ3n) is 2.85. The Kier molecular flexibility index (Phi) is 6.78. The Bertz CT molecular complexity index is 307. The maximum atomic E-state index is 3.50. The van der Waals surface area contributed by atoms with E-state index in [2.05, 4.69) is 50.2 Å². The zero-order valence-corrected chi connectivity index (χ0v) is 12.4. The Morgan fingerprint density at radius 1 is 1.29 bits per heavy atom. The van der Waals surface area contributed by atoms with Crippen LogP contribution >= 0.6 is 11.3 Å². The molecular weight excluding hydrogens is 228 g/mol. The summed E-state index contributed by atoms with van der Waals surface area (Å²) in [4.78, 5) is 5.25. The normalized spacial score (nSPS) is 11.6. The summed E-state index contributed by atoms with van der Waals surface area (Å²) in [5.74, 6) is 0.805. The van der Waals surface area contributed by atoms with Gasteiger partial charge in [0, 0.05) is 29.4 Å². The first-order valence-electron chi connectivity index (χ1n) is 6.52. The molecule has 1 N–H and O–H groups in total. The molecule has 0 spiro atoms. The summed E-state index contributed by atoms with van der Waals surface area (Å²) < 4.78 is 0. The molecule has 0 bridgehead atoms. The lowest BCUT2D eigenvalue weighted by molar-refractivity contribution is 0.309. The number of likely N-dealkylation sites (N-methyl/N-ethyl adjacent to an activating group) is 1. The van der Waals surface area contributed by atoms with E-state index in [1.165, 1.54) is 22.7 Å². The van der Waals surface area contributed by atoms with E-state index in [4.69, 9.17) is 0 Å². The molecule has 0 radical (unpaired) electrons. The van der Waals surface area contributed by atoms with Crippen molar-refractivity contribution >= 4 is 11.3 Å². The first-order chi connectivity index (χ1) is 8.08. The van der Waals surface area contributed by atoms with Crippen LogP contribution in [0.5, 0.6) is 0 Å². The van der Waals surface area contributed by atoms with Gasteiger partial charge in [0.2, 0.25) is 0 Å². The van der Waals surface area contributed by atoms with Gasteiger partial charge in [0.15, 0.2) is 0 Å². The SMILES string of the molecule is Cc1ccc(CNCCN(C)CCC(C)C)s1. The molecule has 2 nitrogen and oxygen atoms in total. The quantitative estimate of drug-likeness (QED) is 0.717. The topological polar surface area (TPSA) is 15.3 Å². The molecule has 1 aromatic heterocycles. The van der Waals surface area contributed by atoms with Crippen LogP contribution in [0.15, 0.2) is 12.1 Å². The summed E-state index contributed by atoms with van der Waals surface area (Å²) in [6, 6.07) is 4.41. The number of nitrogens with zero attached hydrogens (tertiary/aromatic N) is 1. The van der Waals surface area contributed by atoms with Crippen LogP contribution in [0.3, 0.4) is 0 Å². The number of aryl methyl sites for hydroxylation is 1. The minimum absolute atomic E-state index is 0.805. The van der Waals surface area contributed by atoms with Gasteiger partial charge in [-0.3, -0.25) is 0 Å². The second-order valence-corrected chi connectivity index (χ2v) is 6.55. The third kappa shape index (κ3) is 6.81. The molecule has 1 aromatic rings. The maximum Gasteiger partial charge on any atom is 0.0300 e. The number of hydrogen-bond donors (Lipinski definition) is 1. The van der Waals surface area contributed by atoms with Gasteiger partial charge < -0.3 is 10.2 Å². The number of rotatable bonds is 8. The van der Waals surface area contributed by atoms with Crippen molar-refractivity contribution in [1.82, 2.24) is 10.2 Å². The Morgan fingerprint density at radius 3 is 2.65 bits per heavy atom. The van der Waals surface area contributed by atoms with Gasteiger partial charge in [0.25, 0.3) is 0 Å². The maximum absolute atomic E-state index is 3.50. The van der Waals surface area contributed by atoms with Crippen molar-refractivity contribution in [2.75, 3.05) is 26.7 Å². The number of thiophene rings is 1. The second kappa shape index (κ2) is 7.85. The Morgan fingerprint density at radius 2 is 2.06 bits per heavy atom. The lowest BCUT2D eigenvalue weighted by Gasteiger charge is -2.17. The van der Waals surface area contributed by atoms with Crippen molar-refractivity contribution < 1.29 is 0 Å². The Labute approximate surface area is 110 Å². The third-order valence-corrected chi connectivity index (χ3v) is 3.85. The monoisotopic (exact) mass is 254 g/mol. The molecule has 0 saturated carbocycles. The van der Waals surface area contributed by atoms with Gasteiger partial charge in [0.1, 0.15) is 0 Å². The van der Waals surface area contributed by atoms with E-state index in [0.29, 0.717) is 0 Å². The predicted octanol–water partition coefficient (Wildman–Crippen LogP) is 3.12. The largest absolute Gasteiger partial charge is 0.311 e. The minimum Gasteiger partial charge on any atom is -0.311 e. The highest BCUT2D eigenvalue weighted by atomic mass is 32.1. The minimum atomic E-state index is 0.805. The molecule has 0 aliphatic carbocycles. The van der Waals surface area contributed by atoms with Gasteiger partial charge in [0.05, 0.1) is 0 Å². The van der Waals surface area contributed by atoms with Crippen molar-refractivity contribution in [3.63, 3.8) is 0 Å². The van der Waals surface area contributed by atoms with E-state index in [-0.39, 0.29) is 0 Å². The summed E-state index contributed by atoms with van der Waals surface area (Å²) in [6.45, 7) is 11.2. The van der Waals surface area contributed by atoms with Gasteiger partial charge >= 0.3 is 0 Å². The van der Waals surface area contributed by atoms with E-state index in [1.54, 1.807) is 0 Å². The highest BCUT2D eigenvalue weighted by molar-refractivity contribution is 7.11. The summed E-state index contributed by atoms with van der Waals surface area (Å²) in [6.07, 6.45) is 1.29. The highest BCUT2D eigenvalue weighted by Gasteiger charge is 2.00.